The molecule has 4 rings (SSSR count). The van der Waals surface area contributed by atoms with Crippen LogP contribution in [0.2, 0.25) is 5.02 Å². The number of carbonyl (C=O) groups excluding carboxylic acids is 2. The van der Waals surface area contributed by atoms with Crippen LogP contribution in [-0.4, -0.2) is 51.4 Å². The summed E-state index contributed by atoms with van der Waals surface area (Å²) in [6, 6.07) is 7.58. The van der Waals surface area contributed by atoms with Crippen molar-refractivity contribution in [2.75, 3.05) is 13.1 Å². The number of nitrogens with zero attached hydrogens (tertiary/aromatic N) is 3. The number of fused-ring (bicyclic) bond motifs is 1. The second-order valence-electron chi connectivity index (χ2n) is 10.8. The number of benzene rings is 1. The molecule has 1 aliphatic rings. The van der Waals surface area contributed by atoms with Crippen molar-refractivity contribution in [3.05, 3.63) is 52.0 Å². The van der Waals surface area contributed by atoms with Crippen molar-refractivity contribution >= 4 is 34.6 Å². The summed E-state index contributed by atoms with van der Waals surface area (Å²) >= 11 is 6.38. The molecule has 0 radical (unpaired) electrons. The zero-order valence-corrected chi connectivity index (χ0v) is 22.6. The van der Waals surface area contributed by atoms with E-state index in [-0.39, 0.29) is 24.0 Å². The van der Waals surface area contributed by atoms with Gasteiger partial charge in [-0.1, -0.05) is 25.4 Å². The van der Waals surface area contributed by atoms with Crippen LogP contribution in [0.3, 0.4) is 0 Å². The van der Waals surface area contributed by atoms with Gasteiger partial charge in [0, 0.05) is 46.7 Å². The highest BCUT2D eigenvalue weighted by molar-refractivity contribution is 6.31. The normalized spacial score (nSPS) is 15.1. The highest BCUT2D eigenvalue weighted by Crippen LogP contribution is 2.31. The van der Waals surface area contributed by atoms with E-state index in [1.165, 1.54) is 0 Å². The number of hydrogen-bond acceptors (Lipinski definition) is 5. The van der Waals surface area contributed by atoms with Crippen molar-refractivity contribution in [3.63, 3.8) is 0 Å². The van der Waals surface area contributed by atoms with E-state index in [9.17, 15) is 9.59 Å². The van der Waals surface area contributed by atoms with Crippen molar-refractivity contribution in [2.24, 2.45) is 0 Å². The van der Waals surface area contributed by atoms with E-state index in [2.05, 4.69) is 24.3 Å². The second kappa shape index (κ2) is 10.2. The molecule has 0 spiro atoms. The van der Waals surface area contributed by atoms with Crippen molar-refractivity contribution in [1.29, 1.82) is 0 Å². The maximum Gasteiger partial charge on any atom is 0.410 e. The molecule has 1 aromatic carbocycles. The highest BCUT2D eigenvalue weighted by Gasteiger charge is 2.28. The van der Waals surface area contributed by atoms with Crippen molar-refractivity contribution < 1.29 is 18.7 Å². The Morgan fingerprint density at radius 2 is 1.89 bits per heavy atom. The molecule has 8 nitrogen and oxygen atoms in total. The Balaban J connectivity index is 1.41. The van der Waals surface area contributed by atoms with Gasteiger partial charge in [-0.05, 0) is 64.8 Å². The fourth-order valence-corrected chi connectivity index (χ4v) is 4.59. The van der Waals surface area contributed by atoms with Crippen LogP contribution in [0.5, 0.6) is 0 Å². The van der Waals surface area contributed by atoms with Gasteiger partial charge in [-0.3, -0.25) is 9.48 Å². The van der Waals surface area contributed by atoms with E-state index in [0.29, 0.717) is 43.2 Å². The first-order valence-corrected chi connectivity index (χ1v) is 12.8. The first-order chi connectivity index (χ1) is 16.9. The molecule has 1 N–H and O–H groups in total. The Morgan fingerprint density at radius 1 is 1.19 bits per heavy atom. The van der Waals surface area contributed by atoms with Gasteiger partial charge in [0.25, 0.3) is 5.91 Å². The summed E-state index contributed by atoms with van der Waals surface area (Å²) in [6.07, 6.45) is 1.03. The lowest BCUT2D eigenvalue weighted by atomic mass is 10.1. The smallest absolute Gasteiger partial charge is 0.410 e. The molecular formula is C27H35ClN4O4. The molecule has 0 saturated carbocycles. The SMILES string of the molecule is Cc1cc(C(=O)NC2CCN(C(=O)OC(C)(C)C)CC2)nn1Cc1cc(Cl)cc2cc(C(C)C)oc12. The number of rotatable bonds is 5. The van der Waals surface area contributed by atoms with Crippen LogP contribution in [-0.2, 0) is 11.3 Å². The molecule has 36 heavy (non-hydrogen) atoms. The number of piperidine rings is 1. The molecule has 9 heteroatoms. The largest absolute Gasteiger partial charge is 0.460 e. The van der Waals surface area contributed by atoms with Gasteiger partial charge in [0.05, 0.1) is 6.54 Å². The van der Waals surface area contributed by atoms with Crippen LogP contribution < -0.4 is 5.32 Å². The average Bonchev–Trinajstić information content (AvgIpc) is 3.37. The molecule has 3 heterocycles. The summed E-state index contributed by atoms with van der Waals surface area (Å²) in [7, 11) is 0. The molecule has 1 aliphatic heterocycles. The number of carbonyl (C=O) groups is 2. The molecular weight excluding hydrogens is 480 g/mol. The predicted octanol–water partition coefficient (Wildman–Crippen LogP) is 5.89. The highest BCUT2D eigenvalue weighted by atomic mass is 35.5. The molecule has 0 aliphatic carbocycles. The van der Waals surface area contributed by atoms with Crippen molar-refractivity contribution in [1.82, 2.24) is 20.0 Å². The number of nitrogens with one attached hydrogen (secondary N) is 1. The number of aryl methyl sites for hydroxylation is 1. The molecule has 3 aromatic rings. The molecule has 0 unspecified atom stereocenters. The molecule has 1 fully saturated rings. The van der Waals surface area contributed by atoms with E-state index in [1.807, 2.05) is 45.9 Å². The lowest BCUT2D eigenvalue weighted by molar-refractivity contribution is 0.0199. The third-order valence-corrected chi connectivity index (χ3v) is 6.48. The third-order valence-electron chi connectivity index (χ3n) is 6.26. The average molecular weight is 515 g/mol. The summed E-state index contributed by atoms with van der Waals surface area (Å²) in [5.74, 6) is 0.953. The Kier molecular flexibility index (Phi) is 7.36. The maximum atomic E-state index is 12.9. The molecule has 2 aromatic heterocycles. The van der Waals surface area contributed by atoms with E-state index in [1.54, 1.807) is 15.6 Å². The minimum absolute atomic E-state index is 0.0215. The molecule has 194 valence electrons. The van der Waals surface area contributed by atoms with Gasteiger partial charge in [0.2, 0.25) is 0 Å². The summed E-state index contributed by atoms with van der Waals surface area (Å²) < 4.78 is 13.4. The van der Waals surface area contributed by atoms with E-state index in [4.69, 9.17) is 20.8 Å². The van der Waals surface area contributed by atoms with E-state index < -0.39 is 5.60 Å². The fourth-order valence-electron chi connectivity index (χ4n) is 4.34. The lowest BCUT2D eigenvalue weighted by Crippen LogP contribution is -2.47. The molecule has 0 atom stereocenters. The Morgan fingerprint density at radius 3 is 2.53 bits per heavy atom. The fraction of sp³-hybridized carbons (Fsp3) is 0.519. The minimum atomic E-state index is -0.524. The van der Waals surface area contributed by atoms with Crippen LogP contribution in [0.4, 0.5) is 4.79 Å². The van der Waals surface area contributed by atoms with Crippen molar-refractivity contribution in [3.8, 4) is 0 Å². The zero-order valence-electron chi connectivity index (χ0n) is 21.9. The topological polar surface area (TPSA) is 89.6 Å². The van der Waals surface area contributed by atoms with Gasteiger partial charge in [0.15, 0.2) is 0 Å². The Bertz CT molecular complexity index is 1260. The number of amides is 2. The van der Waals surface area contributed by atoms with Gasteiger partial charge in [-0.2, -0.15) is 5.10 Å². The van der Waals surface area contributed by atoms with Crippen molar-refractivity contribution in [2.45, 2.75) is 78.5 Å². The Hall–Kier alpha value is -3.00. The molecule has 1 saturated heterocycles. The van der Waals surface area contributed by atoms with E-state index >= 15 is 0 Å². The number of hydrogen-bond donors (Lipinski definition) is 1. The summed E-state index contributed by atoms with van der Waals surface area (Å²) in [4.78, 5) is 26.9. The van der Waals surface area contributed by atoms with Gasteiger partial charge >= 0.3 is 6.09 Å². The van der Waals surface area contributed by atoms with E-state index in [0.717, 1.165) is 28.0 Å². The van der Waals surface area contributed by atoms with Crippen LogP contribution in [0.1, 0.15) is 80.9 Å². The summed E-state index contributed by atoms with van der Waals surface area (Å²) in [5.41, 5.74) is 2.41. The van der Waals surface area contributed by atoms with Crippen LogP contribution in [0, 0.1) is 6.92 Å². The molecule has 2 amide bonds. The minimum Gasteiger partial charge on any atom is -0.460 e. The first kappa shape index (κ1) is 26.1. The zero-order chi connectivity index (χ0) is 26.2. The van der Waals surface area contributed by atoms with Crippen LogP contribution in [0.15, 0.2) is 28.7 Å². The monoisotopic (exact) mass is 514 g/mol. The summed E-state index contributed by atoms with van der Waals surface area (Å²) in [6.45, 7) is 13.2. The number of aromatic nitrogens is 2. The maximum absolute atomic E-state index is 12.9. The van der Waals surface area contributed by atoms with Gasteiger partial charge in [-0.25, -0.2) is 4.79 Å². The number of likely N-dealkylation sites (tertiary alicyclic amines) is 1. The second-order valence-corrected chi connectivity index (χ2v) is 11.3. The van der Waals surface area contributed by atoms with Gasteiger partial charge < -0.3 is 19.4 Å². The first-order valence-electron chi connectivity index (χ1n) is 12.4. The molecule has 0 bridgehead atoms. The standard InChI is InChI=1S/C27H35ClN4O4/c1-16(2)23-14-18-12-20(28)13-19(24(18)35-23)15-32-17(3)11-22(30-32)25(33)29-21-7-9-31(10-8-21)26(34)36-27(4,5)6/h11-14,16,21H,7-10,15H2,1-6H3,(H,29,33). The van der Waals surface area contributed by atoms with Gasteiger partial charge in [-0.15, -0.1) is 0 Å². The summed E-state index contributed by atoms with van der Waals surface area (Å²) in [5, 5.41) is 9.23. The number of ether oxygens (including phenoxy) is 1. The predicted molar refractivity (Wildman–Crippen MR) is 140 cm³/mol. The third kappa shape index (κ3) is 6.03. The van der Waals surface area contributed by atoms with Gasteiger partial charge in [0.1, 0.15) is 22.6 Å². The Labute approximate surface area is 216 Å². The quantitative estimate of drug-likeness (QED) is 0.458. The number of furan rings is 1. The number of halogens is 1. The van der Waals surface area contributed by atoms with Crippen LogP contribution >= 0.6 is 11.6 Å². The van der Waals surface area contributed by atoms with Crippen LogP contribution in [0.25, 0.3) is 11.0 Å². The lowest BCUT2D eigenvalue weighted by Gasteiger charge is -2.33.